The zero-order chi connectivity index (χ0) is 21.2. The van der Waals surface area contributed by atoms with E-state index in [1.807, 2.05) is 6.92 Å². The maximum atomic E-state index is 13.5. The Hall–Kier alpha value is -3.04. The summed E-state index contributed by atoms with van der Waals surface area (Å²) in [5.74, 6) is -3.99. The van der Waals surface area contributed by atoms with Crippen LogP contribution >= 0.6 is 0 Å². The number of anilines is 1. The molecule has 1 aromatic carbocycles. The van der Waals surface area contributed by atoms with Crippen molar-refractivity contribution in [1.29, 1.82) is 0 Å². The Balaban J connectivity index is 1.54. The lowest BCUT2D eigenvalue weighted by molar-refractivity contribution is -0.150. The van der Waals surface area contributed by atoms with Crippen LogP contribution in [0.15, 0.2) is 18.2 Å². The summed E-state index contributed by atoms with van der Waals surface area (Å²) in [6.07, 6.45) is 3.06. The first-order chi connectivity index (χ1) is 13.7. The first kappa shape index (κ1) is 20.7. The minimum atomic E-state index is -0.998. The molecule has 1 saturated carbocycles. The summed E-state index contributed by atoms with van der Waals surface area (Å²) in [6.45, 7) is 0.468. The van der Waals surface area contributed by atoms with Crippen molar-refractivity contribution < 1.29 is 32.7 Å². The van der Waals surface area contributed by atoms with Crippen LogP contribution in [0.25, 0.3) is 0 Å². The molecular formula is C19H21F2N3O5. The number of hydrogen-bond donors (Lipinski definition) is 2. The van der Waals surface area contributed by atoms with Crippen molar-refractivity contribution in [3.8, 4) is 0 Å². The van der Waals surface area contributed by atoms with Gasteiger partial charge in [0.2, 0.25) is 0 Å². The number of ether oxygens (including phenoxy) is 1. The van der Waals surface area contributed by atoms with Crippen LogP contribution in [-0.4, -0.2) is 47.4 Å². The summed E-state index contributed by atoms with van der Waals surface area (Å²) in [7, 11) is 0. The van der Waals surface area contributed by atoms with Crippen LogP contribution in [0.1, 0.15) is 32.6 Å². The fourth-order valence-corrected chi connectivity index (χ4v) is 3.74. The molecular weight excluding hydrogens is 388 g/mol. The van der Waals surface area contributed by atoms with E-state index in [1.54, 1.807) is 0 Å². The molecule has 1 aromatic rings. The van der Waals surface area contributed by atoms with Crippen LogP contribution in [0, 0.1) is 17.6 Å². The van der Waals surface area contributed by atoms with Crippen LogP contribution in [-0.2, 0) is 19.1 Å². The molecule has 8 nitrogen and oxygen atoms in total. The van der Waals surface area contributed by atoms with Gasteiger partial charge in [-0.2, -0.15) is 0 Å². The maximum absolute atomic E-state index is 13.5. The minimum Gasteiger partial charge on any atom is -0.454 e. The van der Waals surface area contributed by atoms with Crippen LogP contribution in [0.3, 0.4) is 0 Å². The molecule has 2 atom stereocenters. The molecule has 2 N–H and O–H groups in total. The van der Waals surface area contributed by atoms with E-state index in [0.29, 0.717) is 6.42 Å². The molecule has 0 aromatic heterocycles. The normalized spacial score (nSPS) is 23.8. The second-order valence-electron chi connectivity index (χ2n) is 7.27. The summed E-state index contributed by atoms with van der Waals surface area (Å²) < 4.78 is 31.4. The van der Waals surface area contributed by atoms with Crippen LogP contribution in [0.2, 0.25) is 0 Å². The van der Waals surface area contributed by atoms with Crippen molar-refractivity contribution >= 4 is 29.5 Å². The van der Waals surface area contributed by atoms with E-state index < -0.39 is 59.8 Å². The summed E-state index contributed by atoms with van der Waals surface area (Å²) >= 11 is 0. The molecule has 1 spiro atoms. The van der Waals surface area contributed by atoms with E-state index >= 15 is 0 Å². The fraction of sp³-hybridized carbons (Fsp3) is 0.474. The van der Waals surface area contributed by atoms with Crippen molar-refractivity contribution in [3.63, 3.8) is 0 Å². The van der Waals surface area contributed by atoms with Gasteiger partial charge in [0.15, 0.2) is 6.61 Å². The Bertz CT molecular complexity index is 862. The third kappa shape index (κ3) is 4.20. The van der Waals surface area contributed by atoms with Crippen molar-refractivity contribution in [1.82, 2.24) is 10.2 Å². The first-order valence-corrected chi connectivity index (χ1v) is 9.27. The number of rotatable bonds is 5. The highest BCUT2D eigenvalue weighted by Gasteiger charge is 2.55. The van der Waals surface area contributed by atoms with Gasteiger partial charge in [0.25, 0.3) is 11.8 Å². The fourth-order valence-electron chi connectivity index (χ4n) is 3.74. The van der Waals surface area contributed by atoms with E-state index in [4.69, 9.17) is 4.74 Å². The molecule has 2 aliphatic rings. The number of carbonyl (C=O) groups is 4. The average Bonchev–Trinajstić information content (AvgIpc) is 2.90. The largest absolute Gasteiger partial charge is 0.454 e. The van der Waals surface area contributed by atoms with Gasteiger partial charge in [-0.15, -0.1) is 0 Å². The zero-order valence-corrected chi connectivity index (χ0v) is 15.8. The zero-order valence-electron chi connectivity index (χ0n) is 15.8. The highest BCUT2D eigenvalue weighted by molar-refractivity contribution is 6.09. The van der Waals surface area contributed by atoms with Crippen LogP contribution in [0.4, 0.5) is 19.3 Å². The van der Waals surface area contributed by atoms with E-state index in [-0.39, 0.29) is 5.92 Å². The predicted octanol–water partition coefficient (Wildman–Crippen LogP) is 1.95. The van der Waals surface area contributed by atoms with Gasteiger partial charge in [0.05, 0.1) is 5.69 Å². The predicted molar refractivity (Wildman–Crippen MR) is 96.6 cm³/mol. The highest BCUT2D eigenvalue weighted by Crippen LogP contribution is 2.38. The summed E-state index contributed by atoms with van der Waals surface area (Å²) in [4.78, 5) is 49.6. The summed E-state index contributed by atoms with van der Waals surface area (Å²) in [5, 5.41) is 4.79. The summed E-state index contributed by atoms with van der Waals surface area (Å²) in [6, 6.07) is 1.85. The topological polar surface area (TPSA) is 105 Å². The Morgan fingerprint density at radius 1 is 1.31 bits per heavy atom. The van der Waals surface area contributed by atoms with Crippen molar-refractivity contribution in [2.45, 2.75) is 38.1 Å². The molecule has 156 valence electrons. The van der Waals surface area contributed by atoms with Crippen LogP contribution < -0.4 is 10.6 Å². The molecule has 10 heteroatoms. The summed E-state index contributed by atoms with van der Waals surface area (Å²) in [5.41, 5.74) is -1.39. The molecule has 4 amide bonds. The second-order valence-corrected chi connectivity index (χ2v) is 7.27. The van der Waals surface area contributed by atoms with Crippen molar-refractivity contribution in [2.75, 3.05) is 18.5 Å². The van der Waals surface area contributed by atoms with E-state index in [2.05, 4.69) is 10.6 Å². The van der Waals surface area contributed by atoms with Crippen molar-refractivity contribution in [3.05, 3.63) is 29.8 Å². The highest BCUT2D eigenvalue weighted by atomic mass is 19.1. The molecule has 2 fully saturated rings. The lowest BCUT2D eigenvalue weighted by Gasteiger charge is -2.36. The number of amides is 4. The van der Waals surface area contributed by atoms with Gasteiger partial charge in [-0.1, -0.05) is 19.8 Å². The van der Waals surface area contributed by atoms with Gasteiger partial charge in [0, 0.05) is 6.07 Å². The van der Waals surface area contributed by atoms with Gasteiger partial charge >= 0.3 is 12.0 Å². The molecule has 1 aliphatic heterocycles. The van der Waals surface area contributed by atoms with Gasteiger partial charge in [-0.3, -0.25) is 19.3 Å². The van der Waals surface area contributed by atoms with Gasteiger partial charge < -0.3 is 15.4 Å². The second kappa shape index (κ2) is 8.14. The van der Waals surface area contributed by atoms with E-state index in [9.17, 15) is 28.0 Å². The number of carbonyl (C=O) groups excluding carboxylic acids is 4. The third-order valence-corrected chi connectivity index (χ3v) is 5.36. The van der Waals surface area contributed by atoms with Gasteiger partial charge in [0.1, 0.15) is 23.7 Å². The first-order valence-electron chi connectivity index (χ1n) is 9.27. The lowest BCUT2D eigenvalue weighted by atomic mass is 9.73. The minimum absolute atomic E-state index is 0.0549. The van der Waals surface area contributed by atoms with Gasteiger partial charge in [-0.25, -0.2) is 13.6 Å². The number of esters is 1. The smallest absolute Gasteiger partial charge is 0.326 e. The molecule has 0 bridgehead atoms. The number of halogens is 2. The Kier molecular flexibility index (Phi) is 5.81. The number of nitrogens with one attached hydrogen (secondary N) is 2. The number of hydrogen-bond acceptors (Lipinski definition) is 5. The average molecular weight is 409 g/mol. The number of urea groups is 1. The Labute approximate surface area is 165 Å². The third-order valence-electron chi connectivity index (χ3n) is 5.36. The molecule has 29 heavy (non-hydrogen) atoms. The quantitative estimate of drug-likeness (QED) is 0.571. The molecule has 1 aliphatic carbocycles. The standard InChI is InChI=1S/C19H21F2N3O5/c1-11-4-2-3-7-19(11)17(27)24(18(28)23-19)9-16(26)29-10-15(25)22-14-8-12(20)5-6-13(14)21/h5-6,8,11H,2-4,7,9-10H2,1H3,(H,22,25)(H,23,28)/t11-,19-/m1/s1. The molecule has 3 rings (SSSR count). The number of nitrogens with zero attached hydrogens (tertiary/aromatic N) is 1. The van der Waals surface area contributed by atoms with E-state index in [0.717, 1.165) is 42.4 Å². The molecule has 1 saturated heterocycles. The number of benzene rings is 1. The number of imide groups is 1. The monoisotopic (exact) mass is 409 g/mol. The molecule has 0 unspecified atom stereocenters. The molecule has 1 heterocycles. The van der Waals surface area contributed by atoms with Gasteiger partial charge in [-0.05, 0) is 30.9 Å². The SMILES string of the molecule is C[C@@H]1CCCC[C@@]12NC(=O)N(CC(=O)OCC(=O)Nc1cc(F)ccc1F)C2=O. The van der Waals surface area contributed by atoms with E-state index in [1.165, 1.54) is 0 Å². The van der Waals surface area contributed by atoms with Crippen LogP contribution in [0.5, 0.6) is 0 Å². The lowest BCUT2D eigenvalue weighted by Crippen LogP contribution is -2.54. The maximum Gasteiger partial charge on any atom is 0.326 e. The Morgan fingerprint density at radius 2 is 2.07 bits per heavy atom. The van der Waals surface area contributed by atoms with Crippen molar-refractivity contribution in [2.24, 2.45) is 5.92 Å². The molecule has 0 radical (unpaired) electrons. The Morgan fingerprint density at radius 3 is 2.79 bits per heavy atom.